The van der Waals surface area contributed by atoms with Crippen molar-refractivity contribution in [3.8, 4) is 5.75 Å². The van der Waals surface area contributed by atoms with E-state index in [9.17, 15) is 14.4 Å². The molecule has 1 aliphatic heterocycles. The number of rotatable bonds is 4. The van der Waals surface area contributed by atoms with Crippen LogP contribution in [-0.4, -0.2) is 29.5 Å². The first kappa shape index (κ1) is 14.6. The van der Waals surface area contributed by atoms with Crippen molar-refractivity contribution in [3.05, 3.63) is 51.2 Å². The highest BCUT2D eigenvalue weighted by Gasteiger charge is 2.38. The van der Waals surface area contributed by atoms with Gasteiger partial charge in [0.1, 0.15) is 10.1 Å². The highest BCUT2D eigenvalue weighted by atomic mass is 35.5. The molecule has 6 nitrogen and oxygen atoms in total. The Bertz CT molecular complexity index is 737. The van der Waals surface area contributed by atoms with E-state index in [4.69, 9.17) is 21.2 Å². The molecule has 0 fully saturated rings. The molecule has 1 aromatic carbocycles. The minimum atomic E-state index is -0.878. The smallest absolute Gasteiger partial charge is 0.370 e. The van der Waals surface area contributed by atoms with Crippen LogP contribution in [0.4, 0.5) is 0 Å². The minimum absolute atomic E-state index is 0.196. The average molecular weight is 338 g/mol. The van der Waals surface area contributed by atoms with Gasteiger partial charge in [-0.2, -0.15) is 0 Å². The molecule has 2 aromatic rings. The van der Waals surface area contributed by atoms with E-state index in [2.05, 4.69) is 0 Å². The summed E-state index contributed by atoms with van der Waals surface area (Å²) in [5.74, 6) is -1.90. The van der Waals surface area contributed by atoms with E-state index in [1.165, 1.54) is 23.5 Å². The fraction of sp³-hybridized carbons (Fsp3) is 0.0714. The van der Waals surface area contributed by atoms with Gasteiger partial charge >= 0.3 is 5.97 Å². The molecule has 0 saturated carbocycles. The molecule has 1 aliphatic rings. The second kappa shape index (κ2) is 5.78. The molecule has 0 atom stereocenters. The first-order valence-corrected chi connectivity index (χ1v) is 7.38. The number of benzene rings is 1. The maximum absolute atomic E-state index is 12.0. The molecule has 0 saturated heterocycles. The summed E-state index contributed by atoms with van der Waals surface area (Å²) in [5.41, 5.74) is 0.393. The third-order valence-electron chi connectivity index (χ3n) is 2.88. The van der Waals surface area contributed by atoms with Gasteiger partial charge in [-0.15, -0.1) is 11.3 Å². The zero-order chi connectivity index (χ0) is 15.7. The van der Waals surface area contributed by atoms with E-state index in [-0.39, 0.29) is 11.1 Å². The van der Waals surface area contributed by atoms with Crippen LogP contribution in [0.1, 0.15) is 20.7 Å². The summed E-state index contributed by atoms with van der Waals surface area (Å²) >= 11 is 7.07. The van der Waals surface area contributed by atoms with Crippen LogP contribution in [0.25, 0.3) is 0 Å². The van der Waals surface area contributed by atoms with Crippen molar-refractivity contribution in [2.24, 2.45) is 0 Å². The van der Waals surface area contributed by atoms with Gasteiger partial charge in [-0.3, -0.25) is 9.59 Å². The van der Waals surface area contributed by atoms with Crippen molar-refractivity contribution in [2.75, 3.05) is 6.61 Å². The van der Waals surface area contributed by atoms with Crippen molar-refractivity contribution in [3.63, 3.8) is 0 Å². The largest absolute Gasteiger partial charge is 0.479 e. The lowest BCUT2D eigenvalue weighted by Crippen LogP contribution is -2.34. The molecule has 2 amide bonds. The minimum Gasteiger partial charge on any atom is -0.479 e. The Morgan fingerprint density at radius 1 is 1.14 bits per heavy atom. The van der Waals surface area contributed by atoms with Gasteiger partial charge in [0.2, 0.25) is 0 Å². The van der Waals surface area contributed by atoms with Gasteiger partial charge in [0.15, 0.2) is 6.61 Å². The fourth-order valence-electron chi connectivity index (χ4n) is 1.90. The summed E-state index contributed by atoms with van der Waals surface area (Å²) in [6, 6.07) is 7.83. The van der Waals surface area contributed by atoms with Gasteiger partial charge < -0.3 is 9.57 Å². The van der Waals surface area contributed by atoms with Crippen LogP contribution >= 0.6 is 22.9 Å². The number of amides is 2. The molecule has 3 rings (SSSR count). The number of ether oxygens (including phenoxy) is 1. The normalized spacial score (nSPS) is 13.2. The zero-order valence-corrected chi connectivity index (χ0v) is 12.5. The first-order valence-electron chi connectivity index (χ1n) is 6.12. The lowest BCUT2D eigenvalue weighted by molar-refractivity contribution is -0.170. The monoisotopic (exact) mass is 337 g/mol. The van der Waals surface area contributed by atoms with Crippen LogP contribution in [0.5, 0.6) is 5.75 Å². The molecular formula is C14H8ClNO5S. The standard InChI is InChI=1S/C14H8ClNO5S/c15-12-10(5-6-22-12)20-7-11(17)21-16-13(18)8-3-1-2-4-9(8)14(16)19/h1-6H,7H2. The van der Waals surface area contributed by atoms with Gasteiger partial charge in [0.25, 0.3) is 11.8 Å². The average Bonchev–Trinajstić information content (AvgIpc) is 3.03. The number of carbonyl (C=O) groups excluding carboxylic acids is 3. The second-order valence-corrected chi connectivity index (χ2v) is 5.78. The maximum atomic E-state index is 12.0. The van der Waals surface area contributed by atoms with E-state index >= 15 is 0 Å². The third kappa shape index (κ3) is 2.56. The van der Waals surface area contributed by atoms with Crippen LogP contribution in [-0.2, 0) is 9.63 Å². The number of fused-ring (bicyclic) bond motifs is 1. The summed E-state index contributed by atoms with van der Waals surface area (Å²) in [7, 11) is 0. The van der Waals surface area contributed by atoms with Crippen molar-refractivity contribution >= 4 is 40.7 Å². The van der Waals surface area contributed by atoms with Gasteiger partial charge in [-0.1, -0.05) is 28.8 Å². The van der Waals surface area contributed by atoms with Crippen molar-refractivity contribution in [1.29, 1.82) is 0 Å². The van der Waals surface area contributed by atoms with Gasteiger partial charge in [0, 0.05) is 0 Å². The third-order valence-corrected chi connectivity index (χ3v) is 4.01. The van der Waals surface area contributed by atoms with E-state index in [0.29, 0.717) is 15.1 Å². The lowest BCUT2D eigenvalue weighted by Gasteiger charge is -2.12. The van der Waals surface area contributed by atoms with Crippen molar-refractivity contribution in [1.82, 2.24) is 5.06 Å². The molecule has 1 aromatic heterocycles. The Kier molecular flexibility index (Phi) is 3.82. The van der Waals surface area contributed by atoms with Crippen LogP contribution in [0.15, 0.2) is 35.7 Å². The molecule has 22 heavy (non-hydrogen) atoms. The second-order valence-electron chi connectivity index (χ2n) is 4.26. The Hall–Kier alpha value is -2.38. The summed E-state index contributed by atoms with van der Waals surface area (Å²) in [5, 5.41) is 2.14. The SMILES string of the molecule is O=C(COc1ccsc1Cl)ON1C(=O)c2ccccc2C1=O. The summed E-state index contributed by atoms with van der Waals surface area (Å²) in [4.78, 5) is 40.5. The molecular weight excluding hydrogens is 330 g/mol. The lowest BCUT2D eigenvalue weighted by atomic mass is 10.1. The van der Waals surface area contributed by atoms with Crippen molar-refractivity contribution in [2.45, 2.75) is 0 Å². The van der Waals surface area contributed by atoms with Crippen LogP contribution in [0, 0.1) is 0 Å². The number of hydrogen-bond acceptors (Lipinski definition) is 6. The van der Waals surface area contributed by atoms with Crippen LogP contribution in [0.3, 0.4) is 0 Å². The van der Waals surface area contributed by atoms with E-state index in [1.807, 2.05) is 0 Å². The van der Waals surface area contributed by atoms with E-state index in [0.717, 1.165) is 0 Å². The van der Waals surface area contributed by atoms with Gasteiger partial charge in [-0.05, 0) is 23.6 Å². The number of halogens is 1. The molecule has 112 valence electrons. The Labute approximate surface area is 133 Å². The molecule has 8 heteroatoms. The van der Waals surface area contributed by atoms with E-state index in [1.54, 1.807) is 23.6 Å². The molecule has 0 bridgehead atoms. The number of thiophene rings is 1. The highest BCUT2D eigenvalue weighted by molar-refractivity contribution is 7.14. The predicted molar refractivity (Wildman–Crippen MR) is 77.9 cm³/mol. The number of imide groups is 1. The Morgan fingerprint density at radius 3 is 2.32 bits per heavy atom. The topological polar surface area (TPSA) is 72.9 Å². The zero-order valence-electron chi connectivity index (χ0n) is 10.9. The molecule has 0 N–H and O–H groups in total. The number of nitrogens with zero attached hydrogens (tertiary/aromatic N) is 1. The summed E-state index contributed by atoms with van der Waals surface area (Å²) in [6.07, 6.45) is 0. The van der Waals surface area contributed by atoms with Crippen LogP contribution in [0.2, 0.25) is 4.34 Å². The van der Waals surface area contributed by atoms with Gasteiger partial charge in [0.05, 0.1) is 11.1 Å². The van der Waals surface area contributed by atoms with E-state index < -0.39 is 24.4 Å². The maximum Gasteiger partial charge on any atom is 0.370 e. The molecule has 0 unspecified atom stereocenters. The fourth-order valence-corrected chi connectivity index (χ4v) is 2.72. The summed E-state index contributed by atoms with van der Waals surface area (Å²) < 4.78 is 5.55. The summed E-state index contributed by atoms with van der Waals surface area (Å²) in [6.45, 7) is -0.468. The highest BCUT2D eigenvalue weighted by Crippen LogP contribution is 2.30. The molecule has 2 heterocycles. The Balaban J connectivity index is 1.64. The van der Waals surface area contributed by atoms with Crippen molar-refractivity contribution < 1.29 is 24.0 Å². The van der Waals surface area contributed by atoms with Crippen LogP contribution < -0.4 is 4.74 Å². The van der Waals surface area contributed by atoms with Gasteiger partial charge in [-0.25, -0.2) is 4.79 Å². The molecule has 0 spiro atoms. The quantitative estimate of drug-likeness (QED) is 0.802. The number of hydrogen-bond donors (Lipinski definition) is 0. The molecule has 0 radical (unpaired) electrons. The number of carbonyl (C=O) groups is 3. The number of hydroxylamine groups is 2. The Morgan fingerprint density at radius 2 is 1.77 bits per heavy atom. The predicted octanol–water partition coefficient (Wildman–Crippen LogP) is 2.53. The first-order chi connectivity index (χ1) is 10.6. The molecule has 0 aliphatic carbocycles.